The highest BCUT2D eigenvalue weighted by molar-refractivity contribution is 9.10. The number of ether oxygens (including phenoxy) is 1. The number of nitrogens with one attached hydrogen (secondary N) is 1. The van der Waals surface area contributed by atoms with Crippen LogP contribution < -0.4 is 5.32 Å². The summed E-state index contributed by atoms with van der Waals surface area (Å²) >= 11 is 5.10. The van der Waals surface area contributed by atoms with Crippen molar-refractivity contribution < 1.29 is 9.53 Å². The van der Waals surface area contributed by atoms with Crippen LogP contribution in [0.25, 0.3) is 0 Å². The van der Waals surface area contributed by atoms with E-state index in [2.05, 4.69) is 52.0 Å². The van der Waals surface area contributed by atoms with Crippen LogP contribution in [0.5, 0.6) is 0 Å². The molecule has 2 atom stereocenters. The minimum absolute atomic E-state index is 0.239. The first-order valence-corrected chi connectivity index (χ1v) is 7.26. The topological polar surface area (TPSA) is 38.3 Å². The molecule has 0 aromatic carbocycles. The number of hydrogen-bond donors (Lipinski definition) is 1. The third-order valence-electron chi connectivity index (χ3n) is 2.41. The SMILES string of the molecule is COC(=O)C(Br)CNC(C)Cc1ccc(C)s1. The predicted molar refractivity (Wildman–Crippen MR) is 75.0 cm³/mol. The second kappa shape index (κ2) is 7.13. The Labute approximate surface area is 115 Å². The van der Waals surface area contributed by atoms with Crippen molar-refractivity contribution in [1.29, 1.82) is 0 Å². The molecule has 1 aromatic heterocycles. The Bertz CT molecular complexity index is 367. The molecule has 5 heteroatoms. The summed E-state index contributed by atoms with van der Waals surface area (Å²) in [6.07, 6.45) is 0.986. The van der Waals surface area contributed by atoms with E-state index in [-0.39, 0.29) is 10.8 Å². The van der Waals surface area contributed by atoms with E-state index in [9.17, 15) is 4.79 Å². The predicted octanol–water partition coefficient (Wildman–Crippen LogP) is 2.51. The molecule has 0 amide bonds. The average molecular weight is 320 g/mol. The fourth-order valence-corrected chi connectivity index (χ4v) is 2.88. The number of thiophene rings is 1. The quantitative estimate of drug-likeness (QED) is 0.646. The van der Waals surface area contributed by atoms with Gasteiger partial charge in [-0.1, -0.05) is 15.9 Å². The van der Waals surface area contributed by atoms with Crippen LogP contribution in [0.4, 0.5) is 0 Å². The zero-order valence-electron chi connectivity index (χ0n) is 10.3. The molecule has 0 fully saturated rings. The van der Waals surface area contributed by atoms with E-state index in [1.165, 1.54) is 16.9 Å². The van der Waals surface area contributed by atoms with Gasteiger partial charge in [-0.05, 0) is 32.4 Å². The van der Waals surface area contributed by atoms with Gasteiger partial charge in [0.25, 0.3) is 0 Å². The first kappa shape index (κ1) is 14.7. The molecule has 1 aromatic rings. The minimum atomic E-state index is -0.278. The Hall–Kier alpha value is -0.390. The monoisotopic (exact) mass is 319 g/mol. The summed E-state index contributed by atoms with van der Waals surface area (Å²) in [6, 6.07) is 4.64. The number of halogens is 1. The fraction of sp³-hybridized carbons (Fsp3) is 0.583. The highest BCUT2D eigenvalue weighted by Gasteiger charge is 2.15. The molecule has 0 bridgehead atoms. The Morgan fingerprint density at radius 3 is 2.82 bits per heavy atom. The molecule has 0 aliphatic rings. The molecule has 0 spiro atoms. The summed E-state index contributed by atoms with van der Waals surface area (Å²) in [5, 5.41) is 3.31. The molecule has 1 heterocycles. The summed E-state index contributed by atoms with van der Waals surface area (Å²) in [6.45, 7) is 4.81. The molecule has 17 heavy (non-hydrogen) atoms. The van der Waals surface area contributed by atoms with Crippen LogP contribution in [0.1, 0.15) is 16.7 Å². The molecular formula is C12H18BrNO2S. The van der Waals surface area contributed by atoms with Crippen LogP contribution in [-0.2, 0) is 16.0 Å². The lowest BCUT2D eigenvalue weighted by atomic mass is 10.2. The minimum Gasteiger partial charge on any atom is -0.468 e. The standard InChI is InChI=1S/C12H18BrNO2S/c1-8(6-10-5-4-9(2)17-10)14-7-11(13)12(15)16-3/h4-5,8,11,14H,6-7H2,1-3H3. The first-order valence-electron chi connectivity index (χ1n) is 5.53. The van der Waals surface area contributed by atoms with Gasteiger partial charge >= 0.3 is 5.97 Å². The van der Waals surface area contributed by atoms with Crippen molar-refractivity contribution in [3.63, 3.8) is 0 Å². The van der Waals surface area contributed by atoms with E-state index < -0.39 is 0 Å². The van der Waals surface area contributed by atoms with Crippen molar-refractivity contribution in [2.45, 2.75) is 31.1 Å². The van der Waals surface area contributed by atoms with Gasteiger partial charge in [-0.25, -0.2) is 0 Å². The number of alkyl halides is 1. The van der Waals surface area contributed by atoms with Crippen molar-refractivity contribution >= 4 is 33.2 Å². The van der Waals surface area contributed by atoms with Gasteiger partial charge in [-0.3, -0.25) is 4.79 Å². The van der Waals surface area contributed by atoms with Gasteiger partial charge in [-0.2, -0.15) is 0 Å². The first-order chi connectivity index (χ1) is 8.02. The van der Waals surface area contributed by atoms with E-state index in [4.69, 9.17) is 0 Å². The summed E-state index contributed by atoms with van der Waals surface area (Å²) in [4.78, 5) is 13.6. The van der Waals surface area contributed by atoms with Crippen LogP contribution in [0.2, 0.25) is 0 Å². The molecule has 2 unspecified atom stereocenters. The van der Waals surface area contributed by atoms with Crippen LogP contribution in [0.15, 0.2) is 12.1 Å². The van der Waals surface area contributed by atoms with Crippen molar-refractivity contribution in [1.82, 2.24) is 5.32 Å². The number of hydrogen-bond acceptors (Lipinski definition) is 4. The maximum atomic E-state index is 11.2. The van der Waals surface area contributed by atoms with Gasteiger partial charge in [0.05, 0.1) is 7.11 Å². The summed E-state index contributed by atoms with van der Waals surface area (Å²) in [5.74, 6) is -0.239. The van der Waals surface area contributed by atoms with E-state index >= 15 is 0 Å². The van der Waals surface area contributed by atoms with Crippen LogP contribution in [0, 0.1) is 6.92 Å². The van der Waals surface area contributed by atoms with Crippen molar-refractivity contribution in [2.75, 3.05) is 13.7 Å². The second-order valence-electron chi connectivity index (χ2n) is 4.02. The van der Waals surface area contributed by atoms with E-state index in [0.29, 0.717) is 12.6 Å². The molecule has 0 saturated heterocycles. The summed E-state index contributed by atoms with van der Waals surface area (Å²) in [7, 11) is 1.40. The lowest BCUT2D eigenvalue weighted by Crippen LogP contribution is -2.36. The van der Waals surface area contributed by atoms with Crippen molar-refractivity contribution in [3.05, 3.63) is 21.9 Å². The third kappa shape index (κ3) is 5.19. The molecule has 0 aliphatic carbocycles. The van der Waals surface area contributed by atoms with Gasteiger partial charge in [0.2, 0.25) is 0 Å². The fourth-order valence-electron chi connectivity index (χ4n) is 1.48. The van der Waals surface area contributed by atoms with E-state index in [1.54, 1.807) is 0 Å². The molecular weight excluding hydrogens is 302 g/mol. The largest absolute Gasteiger partial charge is 0.468 e. The number of carbonyl (C=O) groups is 1. The van der Waals surface area contributed by atoms with E-state index in [0.717, 1.165) is 6.42 Å². The van der Waals surface area contributed by atoms with Crippen LogP contribution >= 0.6 is 27.3 Å². The average Bonchev–Trinajstić information content (AvgIpc) is 2.70. The summed E-state index contributed by atoms with van der Waals surface area (Å²) in [5.41, 5.74) is 0. The van der Waals surface area contributed by atoms with Gasteiger partial charge < -0.3 is 10.1 Å². The second-order valence-corrected chi connectivity index (χ2v) is 6.49. The summed E-state index contributed by atoms with van der Waals surface area (Å²) < 4.78 is 4.64. The molecule has 0 aliphatic heterocycles. The molecule has 1 rings (SSSR count). The van der Waals surface area contributed by atoms with Crippen LogP contribution in [0.3, 0.4) is 0 Å². The Balaban J connectivity index is 2.30. The zero-order valence-corrected chi connectivity index (χ0v) is 12.7. The third-order valence-corrected chi connectivity index (χ3v) is 4.13. The lowest BCUT2D eigenvalue weighted by molar-refractivity contribution is -0.139. The van der Waals surface area contributed by atoms with Gasteiger partial charge in [0.1, 0.15) is 4.83 Å². The number of esters is 1. The number of rotatable bonds is 6. The molecule has 96 valence electrons. The smallest absolute Gasteiger partial charge is 0.320 e. The highest BCUT2D eigenvalue weighted by atomic mass is 79.9. The van der Waals surface area contributed by atoms with Gasteiger partial charge in [0.15, 0.2) is 0 Å². The zero-order chi connectivity index (χ0) is 12.8. The maximum absolute atomic E-state index is 11.2. The van der Waals surface area contributed by atoms with Gasteiger partial charge in [0, 0.05) is 22.3 Å². The Kier molecular flexibility index (Phi) is 6.16. The lowest BCUT2D eigenvalue weighted by Gasteiger charge is -2.15. The molecule has 1 N–H and O–H groups in total. The Morgan fingerprint density at radius 1 is 1.59 bits per heavy atom. The van der Waals surface area contributed by atoms with Crippen molar-refractivity contribution in [3.8, 4) is 0 Å². The highest BCUT2D eigenvalue weighted by Crippen LogP contribution is 2.16. The normalized spacial score (nSPS) is 14.4. The number of aryl methyl sites for hydroxylation is 1. The Morgan fingerprint density at radius 2 is 2.29 bits per heavy atom. The van der Waals surface area contributed by atoms with Gasteiger partial charge in [-0.15, -0.1) is 11.3 Å². The molecule has 0 saturated carbocycles. The maximum Gasteiger partial charge on any atom is 0.320 e. The van der Waals surface area contributed by atoms with E-state index in [1.807, 2.05) is 11.3 Å². The van der Waals surface area contributed by atoms with Crippen LogP contribution in [-0.4, -0.2) is 30.5 Å². The molecule has 3 nitrogen and oxygen atoms in total. The number of methoxy groups -OCH3 is 1. The van der Waals surface area contributed by atoms with Crippen molar-refractivity contribution in [2.24, 2.45) is 0 Å². The number of carbonyl (C=O) groups excluding carboxylic acids is 1. The molecule has 0 radical (unpaired) electrons.